The quantitative estimate of drug-likeness (QED) is 0.514. The average Bonchev–Trinajstić information content (AvgIpc) is 3.40. The number of amides is 1. The Kier molecular flexibility index (Phi) is 7.08. The lowest BCUT2D eigenvalue weighted by atomic mass is 10.2. The topological polar surface area (TPSA) is 95.3 Å². The van der Waals surface area contributed by atoms with Crippen molar-refractivity contribution in [3.8, 4) is 0 Å². The van der Waals surface area contributed by atoms with Crippen molar-refractivity contribution in [2.75, 3.05) is 24.8 Å². The summed E-state index contributed by atoms with van der Waals surface area (Å²) in [5.74, 6) is 0.392. The second-order valence-corrected chi connectivity index (χ2v) is 8.63. The Labute approximate surface area is 172 Å². The molecule has 1 unspecified atom stereocenters. The summed E-state index contributed by atoms with van der Waals surface area (Å²) < 4.78 is 12.5. The van der Waals surface area contributed by atoms with E-state index in [1.165, 1.54) is 30.2 Å². The third kappa shape index (κ3) is 4.92. The Bertz CT molecular complexity index is 843. The van der Waals surface area contributed by atoms with Gasteiger partial charge in [-0.2, -0.15) is 0 Å². The van der Waals surface area contributed by atoms with Gasteiger partial charge >= 0.3 is 5.97 Å². The molecule has 0 aromatic carbocycles. The van der Waals surface area contributed by atoms with Crippen molar-refractivity contribution in [2.45, 2.75) is 50.9 Å². The van der Waals surface area contributed by atoms with Crippen LogP contribution in [0.15, 0.2) is 11.2 Å². The zero-order valence-electron chi connectivity index (χ0n) is 16.2. The highest BCUT2D eigenvalue weighted by atomic mass is 32.2. The van der Waals surface area contributed by atoms with Crippen molar-refractivity contribution in [1.29, 1.82) is 0 Å². The van der Waals surface area contributed by atoms with E-state index < -0.39 is 5.97 Å². The first-order valence-corrected chi connectivity index (χ1v) is 11.0. The van der Waals surface area contributed by atoms with Crippen molar-refractivity contribution < 1.29 is 19.1 Å². The van der Waals surface area contributed by atoms with Crippen LogP contribution < -0.4 is 5.32 Å². The molecule has 8 nitrogen and oxygen atoms in total. The van der Waals surface area contributed by atoms with Crippen molar-refractivity contribution in [3.05, 3.63) is 22.3 Å². The molecule has 1 amide bonds. The highest BCUT2D eigenvalue weighted by Gasteiger charge is 2.22. The van der Waals surface area contributed by atoms with Gasteiger partial charge in [0.25, 0.3) is 0 Å². The molecule has 2 aromatic rings. The van der Waals surface area contributed by atoms with E-state index in [2.05, 4.69) is 15.5 Å². The van der Waals surface area contributed by atoms with Crippen LogP contribution in [0.5, 0.6) is 0 Å². The molecular weight excluding hydrogens is 400 g/mol. The first-order valence-electron chi connectivity index (χ1n) is 9.16. The first-order chi connectivity index (χ1) is 13.5. The lowest BCUT2D eigenvalue weighted by molar-refractivity contribution is -0.113. The van der Waals surface area contributed by atoms with Gasteiger partial charge in [-0.15, -0.1) is 21.5 Å². The van der Waals surface area contributed by atoms with Crippen LogP contribution in [0.1, 0.15) is 40.8 Å². The Morgan fingerprint density at radius 2 is 2.29 bits per heavy atom. The lowest BCUT2D eigenvalue weighted by Crippen LogP contribution is -2.19. The highest BCUT2D eigenvalue weighted by Crippen LogP contribution is 2.29. The normalized spacial score (nSPS) is 16.3. The molecule has 28 heavy (non-hydrogen) atoms. The van der Waals surface area contributed by atoms with Gasteiger partial charge in [0.1, 0.15) is 10.8 Å². The smallest absolute Gasteiger partial charge is 0.340 e. The maximum Gasteiger partial charge on any atom is 0.340 e. The maximum absolute atomic E-state index is 12.4. The van der Waals surface area contributed by atoms with Crippen LogP contribution in [0, 0.1) is 6.92 Å². The molecule has 10 heteroatoms. The predicted octanol–water partition coefficient (Wildman–Crippen LogP) is 2.91. The third-order valence-corrected chi connectivity index (χ3v) is 6.30. The number of esters is 1. The summed E-state index contributed by atoms with van der Waals surface area (Å²) in [5.41, 5.74) is 0.373. The van der Waals surface area contributed by atoms with E-state index >= 15 is 0 Å². The van der Waals surface area contributed by atoms with Crippen molar-refractivity contribution in [1.82, 2.24) is 14.8 Å². The SMILES string of the molecule is CCc1nnc(SCC(=O)Nc2sc(C)cc2C(=O)OC)n1CC1CCCO1. The minimum atomic E-state index is -0.462. The minimum Gasteiger partial charge on any atom is -0.465 e. The van der Waals surface area contributed by atoms with Crippen molar-refractivity contribution in [3.63, 3.8) is 0 Å². The second kappa shape index (κ2) is 9.53. The largest absolute Gasteiger partial charge is 0.465 e. The molecule has 0 saturated carbocycles. The number of carbonyl (C=O) groups is 2. The molecule has 0 spiro atoms. The van der Waals surface area contributed by atoms with E-state index in [0.29, 0.717) is 22.3 Å². The molecule has 0 aliphatic carbocycles. The molecule has 3 rings (SSSR count). The van der Waals surface area contributed by atoms with Gasteiger partial charge in [0.2, 0.25) is 5.91 Å². The molecule has 152 valence electrons. The van der Waals surface area contributed by atoms with Gasteiger partial charge in [0, 0.05) is 17.9 Å². The molecule has 1 N–H and O–H groups in total. The van der Waals surface area contributed by atoms with Crippen LogP contribution in [0.4, 0.5) is 5.00 Å². The summed E-state index contributed by atoms with van der Waals surface area (Å²) in [4.78, 5) is 25.2. The summed E-state index contributed by atoms with van der Waals surface area (Å²) >= 11 is 2.68. The Morgan fingerprint density at radius 3 is 2.96 bits per heavy atom. The summed E-state index contributed by atoms with van der Waals surface area (Å²) in [6.07, 6.45) is 3.04. The number of hydrogen-bond donors (Lipinski definition) is 1. The zero-order chi connectivity index (χ0) is 20.1. The molecule has 1 aliphatic rings. The second-order valence-electron chi connectivity index (χ2n) is 6.43. The molecule has 1 fully saturated rings. The number of nitrogens with zero attached hydrogens (tertiary/aromatic N) is 3. The Balaban J connectivity index is 1.63. The van der Waals surface area contributed by atoms with E-state index in [0.717, 1.165) is 36.6 Å². The summed E-state index contributed by atoms with van der Waals surface area (Å²) in [6, 6.07) is 1.71. The molecule has 1 aliphatic heterocycles. The van der Waals surface area contributed by atoms with Crippen molar-refractivity contribution >= 4 is 40.0 Å². The first kappa shape index (κ1) is 20.8. The van der Waals surface area contributed by atoms with E-state index in [4.69, 9.17) is 9.47 Å². The fraction of sp³-hybridized carbons (Fsp3) is 0.556. The van der Waals surface area contributed by atoms with Gasteiger partial charge in [-0.1, -0.05) is 18.7 Å². The van der Waals surface area contributed by atoms with Crippen molar-refractivity contribution in [2.24, 2.45) is 0 Å². The summed E-state index contributed by atoms with van der Waals surface area (Å²) in [5, 5.41) is 12.5. The van der Waals surface area contributed by atoms with Gasteiger partial charge in [0.05, 0.1) is 31.1 Å². The average molecular weight is 425 g/mol. The molecule has 3 heterocycles. The number of carbonyl (C=O) groups excluding carboxylic acids is 2. The number of nitrogens with one attached hydrogen (secondary N) is 1. The van der Waals surface area contributed by atoms with Gasteiger partial charge in [-0.3, -0.25) is 4.79 Å². The third-order valence-electron chi connectivity index (χ3n) is 4.37. The monoisotopic (exact) mass is 424 g/mol. The van der Waals surface area contributed by atoms with Crippen LogP contribution in [-0.4, -0.2) is 52.2 Å². The number of thioether (sulfide) groups is 1. The lowest BCUT2D eigenvalue weighted by Gasteiger charge is -2.14. The number of thiophene rings is 1. The number of aryl methyl sites for hydroxylation is 2. The van der Waals surface area contributed by atoms with Crippen LogP contribution in [0.2, 0.25) is 0 Å². The molecule has 0 bridgehead atoms. The number of rotatable bonds is 8. The van der Waals surface area contributed by atoms with Crippen LogP contribution in [-0.2, 0) is 27.2 Å². The molecule has 2 aromatic heterocycles. The molecule has 1 saturated heterocycles. The van der Waals surface area contributed by atoms with E-state index in [1.54, 1.807) is 6.07 Å². The molecular formula is C18H24N4O4S2. The number of ether oxygens (including phenoxy) is 2. The Hall–Kier alpha value is -1.91. The standard InChI is InChI=1S/C18H24N4O4S2/c1-4-14-20-21-18(22(14)9-12-6-5-7-26-12)27-10-15(23)19-16-13(17(24)25-3)8-11(2)28-16/h8,12H,4-7,9-10H2,1-3H3,(H,19,23). The fourth-order valence-electron chi connectivity index (χ4n) is 3.02. The Morgan fingerprint density at radius 1 is 1.46 bits per heavy atom. The minimum absolute atomic E-state index is 0.172. The molecule has 0 radical (unpaired) electrons. The fourth-order valence-corrected chi connectivity index (χ4v) is 4.71. The van der Waals surface area contributed by atoms with Crippen LogP contribution in [0.3, 0.4) is 0 Å². The van der Waals surface area contributed by atoms with E-state index in [-0.39, 0.29) is 17.8 Å². The number of hydrogen-bond acceptors (Lipinski definition) is 8. The number of methoxy groups -OCH3 is 1. The van der Waals surface area contributed by atoms with Crippen LogP contribution in [0.25, 0.3) is 0 Å². The van der Waals surface area contributed by atoms with Crippen LogP contribution >= 0.6 is 23.1 Å². The number of anilines is 1. The van der Waals surface area contributed by atoms with Gasteiger partial charge in [-0.25, -0.2) is 4.79 Å². The predicted molar refractivity (Wildman–Crippen MR) is 108 cm³/mol. The van der Waals surface area contributed by atoms with Gasteiger partial charge in [0.15, 0.2) is 5.16 Å². The zero-order valence-corrected chi connectivity index (χ0v) is 17.8. The van der Waals surface area contributed by atoms with Gasteiger partial charge < -0.3 is 19.4 Å². The molecule has 1 atom stereocenters. The summed E-state index contributed by atoms with van der Waals surface area (Å²) in [6.45, 7) is 5.41. The van der Waals surface area contributed by atoms with E-state index in [1.807, 2.05) is 18.4 Å². The highest BCUT2D eigenvalue weighted by molar-refractivity contribution is 7.99. The number of aromatic nitrogens is 3. The van der Waals surface area contributed by atoms with E-state index in [9.17, 15) is 9.59 Å². The maximum atomic E-state index is 12.4. The van der Waals surface area contributed by atoms with Gasteiger partial charge in [-0.05, 0) is 25.8 Å². The summed E-state index contributed by atoms with van der Waals surface area (Å²) in [7, 11) is 1.32.